The first-order valence-corrected chi connectivity index (χ1v) is 8.52. The van der Waals surface area contributed by atoms with Crippen LogP contribution in [0, 0.1) is 12.7 Å². The Balaban J connectivity index is 1.86. The third-order valence-electron chi connectivity index (χ3n) is 4.53. The molecule has 0 amide bonds. The summed E-state index contributed by atoms with van der Waals surface area (Å²) < 4.78 is 31.5. The monoisotopic (exact) mass is 361 g/mol. The molecule has 2 aromatic heterocycles. The molecule has 0 unspecified atom stereocenters. The maximum Gasteiger partial charge on any atom is 0.205 e. The number of hydrogen-bond acceptors (Lipinski definition) is 7. The topological polar surface area (TPSA) is 84.8 Å². The average molecular weight is 361 g/mol. The molecular weight excluding hydrogens is 341 g/mol. The Bertz CT molecular complexity index is 941. The summed E-state index contributed by atoms with van der Waals surface area (Å²) in [6.45, 7) is 6.36. The summed E-state index contributed by atoms with van der Waals surface area (Å²) in [4.78, 5) is 6.11. The molecule has 1 aromatic carbocycles. The molecule has 2 atom stereocenters. The van der Waals surface area contributed by atoms with Crippen molar-refractivity contribution < 1.29 is 23.2 Å². The molecule has 0 bridgehead atoms. The number of benzene rings is 1. The number of oxazole rings is 1. The lowest BCUT2D eigenvalue weighted by Crippen LogP contribution is -2.46. The fourth-order valence-corrected chi connectivity index (χ4v) is 3.56. The highest BCUT2D eigenvalue weighted by molar-refractivity contribution is 5.94. The first kappa shape index (κ1) is 17.0. The van der Waals surface area contributed by atoms with E-state index in [1.54, 1.807) is 13.0 Å². The van der Waals surface area contributed by atoms with Crippen molar-refractivity contribution >= 4 is 16.7 Å². The summed E-state index contributed by atoms with van der Waals surface area (Å²) >= 11 is 0. The lowest BCUT2D eigenvalue weighted by molar-refractivity contribution is -0.00549. The number of rotatable bonds is 3. The summed E-state index contributed by atoms with van der Waals surface area (Å²) in [7, 11) is 0. The number of nitrogens with zero attached hydrogens (tertiary/aromatic N) is 3. The third-order valence-corrected chi connectivity index (χ3v) is 4.53. The predicted octanol–water partition coefficient (Wildman–Crippen LogP) is 3.04. The highest BCUT2D eigenvalue weighted by Crippen LogP contribution is 2.37. The predicted molar refractivity (Wildman–Crippen MR) is 92.3 cm³/mol. The van der Waals surface area contributed by atoms with Crippen LogP contribution in [0.4, 0.5) is 10.1 Å². The molecule has 1 N–H and O–H groups in total. The minimum Gasteiger partial charge on any atom is -0.449 e. The Morgan fingerprint density at radius 1 is 1.31 bits per heavy atom. The van der Waals surface area contributed by atoms with Crippen molar-refractivity contribution in [3.8, 4) is 11.4 Å². The van der Waals surface area contributed by atoms with Gasteiger partial charge in [0.1, 0.15) is 17.7 Å². The van der Waals surface area contributed by atoms with Gasteiger partial charge in [0.05, 0.1) is 29.9 Å². The molecule has 138 valence electrons. The van der Waals surface area contributed by atoms with Crippen LogP contribution in [-0.4, -0.2) is 40.5 Å². The van der Waals surface area contributed by atoms with Gasteiger partial charge in [-0.3, -0.25) is 0 Å². The van der Waals surface area contributed by atoms with Gasteiger partial charge in [0, 0.05) is 25.6 Å². The zero-order chi connectivity index (χ0) is 18.4. The highest BCUT2D eigenvalue weighted by Gasteiger charge is 2.29. The van der Waals surface area contributed by atoms with Crippen molar-refractivity contribution in [2.24, 2.45) is 0 Å². The Hall–Kier alpha value is -2.45. The van der Waals surface area contributed by atoms with E-state index in [0.29, 0.717) is 47.0 Å². The fourth-order valence-electron chi connectivity index (χ4n) is 3.56. The minimum atomic E-state index is -0.535. The molecule has 1 aliphatic rings. The molecule has 0 aliphatic carbocycles. The van der Waals surface area contributed by atoms with Gasteiger partial charge in [-0.25, -0.2) is 9.37 Å². The van der Waals surface area contributed by atoms with Crippen LogP contribution < -0.4 is 4.90 Å². The van der Waals surface area contributed by atoms with E-state index >= 15 is 4.39 Å². The fraction of sp³-hybridized carbons (Fsp3) is 0.444. The Morgan fingerprint density at radius 3 is 2.65 bits per heavy atom. The van der Waals surface area contributed by atoms with Crippen LogP contribution in [0.15, 0.2) is 21.3 Å². The zero-order valence-corrected chi connectivity index (χ0v) is 14.8. The number of anilines is 1. The van der Waals surface area contributed by atoms with Gasteiger partial charge in [0.15, 0.2) is 11.7 Å². The van der Waals surface area contributed by atoms with Crippen LogP contribution in [-0.2, 0) is 11.3 Å². The van der Waals surface area contributed by atoms with E-state index in [4.69, 9.17) is 13.7 Å². The first-order chi connectivity index (χ1) is 12.5. The molecule has 4 rings (SSSR count). The van der Waals surface area contributed by atoms with Crippen molar-refractivity contribution in [3.05, 3.63) is 29.6 Å². The van der Waals surface area contributed by atoms with Gasteiger partial charge in [0.2, 0.25) is 5.58 Å². The van der Waals surface area contributed by atoms with Crippen LogP contribution in [0.2, 0.25) is 0 Å². The summed E-state index contributed by atoms with van der Waals surface area (Å²) in [5.74, 6) is -0.0567. The number of aryl methyl sites for hydroxylation is 1. The van der Waals surface area contributed by atoms with Crippen LogP contribution >= 0.6 is 0 Å². The normalized spacial score (nSPS) is 20.9. The quantitative estimate of drug-likeness (QED) is 0.767. The molecule has 26 heavy (non-hydrogen) atoms. The van der Waals surface area contributed by atoms with E-state index in [9.17, 15) is 5.11 Å². The number of ether oxygens (including phenoxy) is 1. The van der Waals surface area contributed by atoms with Gasteiger partial charge >= 0.3 is 0 Å². The maximum atomic E-state index is 15.3. The van der Waals surface area contributed by atoms with Crippen molar-refractivity contribution in [2.75, 3.05) is 18.0 Å². The standard InChI is InChI=1S/C18H20FN3O4/c1-9-5-22(6-10(2)25-9)17-12(7-23)4-13-16(14-8-24-11(3)20-14)21-26-18(13)15(17)19/h4,8-10,23H,5-7H2,1-3H3/t9-,10+. The van der Waals surface area contributed by atoms with Crippen molar-refractivity contribution in [1.82, 2.24) is 10.1 Å². The van der Waals surface area contributed by atoms with E-state index in [1.165, 1.54) is 6.26 Å². The smallest absolute Gasteiger partial charge is 0.205 e. The van der Waals surface area contributed by atoms with Crippen molar-refractivity contribution in [1.29, 1.82) is 0 Å². The molecule has 1 saturated heterocycles. The molecule has 7 nitrogen and oxygen atoms in total. The molecule has 1 fully saturated rings. The molecular formula is C18H20FN3O4. The van der Waals surface area contributed by atoms with Gasteiger partial charge in [0.25, 0.3) is 0 Å². The second kappa shape index (κ2) is 6.37. The van der Waals surface area contributed by atoms with E-state index in [1.807, 2.05) is 18.7 Å². The van der Waals surface area contributed by atoms with Crippen molar-refractivity contribution in [3.63, 3.8) is 0 Å². The summed E-state index contributed by atoms with van der Waals surface area (Å²) in [5.41, 5.74) is 1.70. The number of halogens is 1. The van der Waals surface area contributed by atoms with Gasteiger partial charge in [-0.05, 0) is 19.9 Å². The SMILES string of the molecule is Cc1nc(-c2noc3c(F)c(N4C[C@@H](C)O[C@@H](C)C4)c(CO)cc23)co1. The van der Waals surface area contributed by atoms with Gasteiger partial charge in [-0.15, -0.1) is 0 Å². The van der Waals surface area contributed by atoms with E-state index in [0.717, 1.165) is 0 Å². The highest BCUT2D eigenvalue weighted by atomic mass is 19.1. The molecule has 3 heterocycles. The van der Waals surface area contributed by atoms with Crippen LogP contribution in [0.5, 0.6) is 0 Å². The van der Waals surface area contributed by atoms with E-state index in [-0.39, 0.29) is 24.4 Å². The summed E-state index contributed by atoms with van der Waals surface area (Å²) in [6.07, 6.45) is 1.37. The number of aliphatic hydroxyl groups excluding tert-OH is 1. The summed E-state index contributed by atoms with van der Waals surface area (Å²) in [6, 6.07) is 1.70. The largest absolute Gasteiger partial charge is 0.449 e. The second-order valence-electron chi connectivity index (χ2n) is 6.68. The van der Waals surface area contributed by atoms with Gasteiger partial charge in [-0.1, -0.05) is 5.16 Å². The molecule has 0 radical (unpaired) electrons. The lowest BCUT2D eigenvalue weighted by Gasteiger charge is -2.37. The number of hydrogen-bond donors (Lipinski definition) is 1. The maximum absolute atomic E-state index is 15.3. The molecule has 1 aliphatic heterocycles. The molecule has 0 spiro atoms. The van der Waals surface area contributed by atoms with Crippen LogP contribution in [0.25, 0.3) is 22.4 Å². The third kappa shape index (κ3) is 2.75. The van der Waals surface area contributed by atoms with Crippen LogP contribution in [0.3, 0.4) is 0 Å². The lowest BCUT2D eigenvalue weighted by atomic mass is 10.0. The second-order valence-corrected chi connectivity index (χ2v) is 6.68. The van der Waals surface area contributed by atoms with Crippen molar-refractivity contribution in [2.45, 2.75) is 39.6 Å². The molecule has 0 saturated carbocycles. The number of aromatic nitrogens is 2. The van der Waals surface area contributed by atoms with Gasteiger partial charge in [-0.2, -0.15) is 0 Å². The molecule has 8 heteroatoms. The summed E-state index contributed by atoms with van der Waals surface area (Å²) in [5, 5.41) is 14.3. The average Bonchev–Trinajstić information content (AvgIpc) is 3.19. The Labute approximate surface area is 149 Å². The first-order valence-electron chi connectivity index (χ1n) is 8.52. The number of morpholine rings is 1. The number of fused-ring (bicyclic) bond motifs is 1. The van der Waals surface area contributed by atoms with Crippen LogP contribution in [0.1, 0.15) is 25.3 Å². The zero-order valence-electron chi connectivity index (χ0n) is 14.8. The number of aliphatic hydroxyl groups is 1. The molecule has 3 aromatic rings. The van der Waals surface area contributed by atoms with E-state index in [2.05, 4.69) is 10.1 Å². The Morgan fingerprint density at radius 2 is 2.04 bits per heavy atom. The minimum absolute atomic E-state index is 0.0382. The Kier molecular flexibility index (Phi) is 4.16. The van der Waals surface area contributed by atoms with Gasteiger partial charge < -0.3 is 23.7 Å². The van der Waals surface area contributed by atoms with E-state index < -0.39 is 5.82 Å².